The van der Waals surface area contributed by atoms with E-state index in [1.807, 2.05) is 0 Å². The second kappa shape index (κ2) is 5.96. The molecule has 14 heavy (non-hydrogen) atoms. The summed E-state index contributed by atoms with van der Waals surface area (Å²) in [6.45, 7) is 6.76. The predicted octanol–water partition coefficient (Wildman–Crippen LogP) is 3.16. The molecular weight excluding hydrogens is 194 g/mol. The first kappa shape index (κ1) is 11.4. The number of nitrogens with zero attached hydrogens (tertiary/aromatic N) is 2. The van der Waals surface area contributed by atoms with Crippen molar-refractivity contribution in [2.75, 3.05) is 5.32 Å². The standard InChI is InChI=1S/C10H19N3S/c1-4-8(3)6-9(5-2)12-10-7-11-13-14-10/h7-9,12H,4-6H2,1-3H3. The summed E-state index contributed by atoms with van der Waals surface area (Å²) >= 11 is 1.43. The molecule has 1 aromatic heterocycles. The Morgan fingerprint density at radius 2 is 2.21 bits per heavy atom. The highest BCUT2D eigenvalue weighted by molar-refractivity contribution is 7.09. The zero-order valence-corrected chi connectivity index (χ0v) is 9.97. The van der Waals surface area contributed by atoms with Gasteiger partial charge in [0.2, 0.25) is 0 Å². The van der Waals surface area contributed by atoms with Crippen LogP contribution in [0.25, 0.3) is 0 Å². The fourth-order valence-electron chi connectivity index (χ4n) is 1.41. The van der Waals surface area contributed by atoms with Crippen LogP contribution in [0.4, 0.5) is 5.00 Å². The Hall–Kier alpha value is -0.640. The molecule has 0 aliphatic carbocycles. The van der Waals surface area contributed by atoms with E-state index >= 15 is 0 Å². The summed E-state index contributed by atoms with van der Waals surface area (Å²) < 4.78 is 3.84. The summed E-state index contributed by atoms with van der Waals surface area (Å²) in [4.78, 5) is 0. The summed E-state index contributed by atoms with van der Waals surface area (Å²) in [5.41, 5.74) is 0. The van der Waals surface area contributed by atoms with Crippen molar-refractivity contribution in [1.82, 2.24) is 9.59 Å². The van der Waals surface area contributed by atoms with E-state index in [4.69, 9.17) is 0 Å². The molecule has 0 aliphatic rings. The van der Waals surface area contributed by atoms with E-state index in [0.717, 1.165) is 17.3 Å². The highest BCUT2D eigenvalue weighted by Crippen LogP contribution is 2.18. The van der Waals surface area contributed by atoms with E-state index in [0.29, 0.717) is 6.04 Å². The van der Waals surface area contributed by atoms with E-state index in [9.17, 15) is 0 Å². The van der Waals surface area contributed by atoms with Gasteiger partial charge in [-0.1, -0.05) is 31.7 Å². The van der Waals surface area contributed by atoms with Gasteiger partial charge in [-0.15, -0.1) is 5.10 Å². The van der Waals surface area contributed by atoms with Crippen LogP contribution in [0.1, 0.15) is 40.0 Å². The van der Waals surface area contributed by atoms with Gasteiger partial charge < -0.3 is 5.32 Å². The highest BCUT2D eigenvalue weighted by Gasteiger charge is 2.10. The molecule has 1 rings (SSSR count). The summed E-state index contributed by atoms with van der Waals surface area (Å²) in [6, 6.07) is 0.562. The van der Waals surface area contributed by atoms with E-state index < -0.39 is 0 Å². The Balaban J connectivity index is 2.39. The monoisotopic (exact) mass is 213 g/mol. The molecule has 0 radical (unpaired) electrons. The molecule has 1 aromatic rings. The normalized spacial score (nSPS) is 15.1. The van der Waals surface area contributed by atoms with E-state index in [1.54, 1.807) is 6.20 Å². The quantitative estimate of drug-likeness (QED) is 0.788. The highest BCUT2D eigenvalue weighted by atomic mass is 32.1. The molecule has 3 nitrogen and oxygen atoms in total. The van der Waals surface area contributed by atoms with E-state index in [-0.39, 0.29) is 0 Å². The van der Waals surface area contributed by atoms with E-state index in [1.165, 1.54) is 24.4 Å². The minimum absolute atomic E-state index is 0.562. The molecule has 0 aliphatic heterocycles. The maximum absolute atomic E-state index is 3.84. The van der Waals surface area contributed by atoms with E-state index in [2.05, 4.69) is 35.7 Å². The van der Waals surface area contributed by atoms with Gasteiger partial charge in [-0.2, -0.15) is 0 Å². The van der Waals surface area contributed by atoms with Crippen molar-refractivity contribution < 1.29 is 0 Å². The second-order valence-corrected chi connectivity index (χ2v) is 4.57. The SMILES string of the molecule is CCC(C)CC(CC)Nc1cnns1. The van der Waals surface area contributed by atoms with Crippen molar-refractivity contribution in [3.05, 3.63) is 6.20 Å². The summed E-state index contributed by atoms with van der Waals surface area (Å²) in [5, 5.41) is 8.37. The molecule has 4 heteroatoms. The smallest absolute Gasteiger partial charge is 0.130 e. The number of anilines is 1. The molecule has 1 heterocycles. The van der Waals surface area contributed by atoms with Gasteiger partial charge in [0, 0.05) is 17.6 Å². The lowest BCUT2D eigenvalue weighted by Crippen LogP contribution is -2.20. The zero-order chi connectivity index (χ0) is 10.4. The molecular formula is C10H19N3S. The molecule has 0 saturated carbocycles. The topological polar surface area (TPSA) is 37.8 Å². The summed E-state index contributed by atoms with van der Waals surface area (Å²) in [5.74, 6) is 0.785. The Kier molecular flexibility index (Phi) is 4.87. The van der Waals surface area contributed by atoms with Gasteiger partial charge in [-0.3, -0.25) is 0 Å². The molecule has 2 unspecified atom stereocenters. The van der Waals surface area contributed by atoms with Crippen molar-refractivity contribution in [3.63, 3.8) is 0 Å². The van der Waals surface area contributed by atoms with Crippen LogP contribution >= 0.6 is 11.5 Å². The lowest BCUT2D eigenvalue weighted by molar-refractivity contribution is 0.462. The lowest BCUT2D eigenvalue weighted by Gasteiger charge is -2.19. The maximum atomic E-state index is 3.84. The Bertz CT molecular complexity index is 236. The average molecular weight is 213 g/mol. The van der Waals surface area contributed by atoms with Crippen LogP contribution in [-0.2, 0) is 0 Å². The van der Waals surface area contributed by atoms with Crippen LogP contribution in [-0.4, -0.2) is 15.6 Å². The van der Waals surface area contributed by atoms with Crippen molar-refractivity contribution >= 4 is 16.5 Å². The largest absolute Gasteiger partial charge is 0.372 e. The van der Waals surface area contributed by atoms with Gasteiger partial charge in [0.1, 0.15) is 5.00 Å². The number of rotatable bonds is 6. The molecule has 0 bridgehead atoms. The summed E-state index contributed by atoms with van der Waals surface area (Å²) in [7, 11) is 0. The van der Waals surface area contributed by atoms with Crippen molar-refractivity contribution in [1.29, 1.82) is 0 Å². The Morgan fingerprint density at radius 1 is 1.43 bits per heavy atom. The predicted molar refractivity (Wildman–Crippen MR) is 61.7 cm³/mol. The van der Waals surface area contributed by atoms with Crippen molar-refractivity contribution in [2.45, 2.75) is 46.1 Å². The van der Waals surface area contributed by atoms with Crippen LogP contribution in [0, 0.1) is 5.92 Å². The molecule has 0 aromatic carbocycles. The van der Waals surface area contributed by atoms with Crippen LogP contribution in [0.5, 0.6) is 0 Å². The molecule has 0 spiro atoms. The number of aromatic nitrogens is 2. The fourth-order valence-corrected chi connectivity index (χ4v) is 1.91. The summed E-state index contributed by atoms with van der Waals surface area (Å²) in [6.07, 6.45) is 5.43. The molecule has 0 fully saturated rings. The molecule has 2 atom stereocenters. The Labute approximate surface area is 90.1 Å². The minimum Gasteiger partial charge on any atom is -0.372 e. The van der Waals surface area contributed by atoms with Crippen LogP contribution < -0.4 is 5.32 Å². The first-order chi connectivity index (χ1) is 6.76. The third-order valence-electron chi connectivity index (χ3n) is 2.58. The van der Waals surface area contributed by atoms with Gasteiger partial charge in [0.25, 0.3) is 0 Å². The first-order valence-electron chi connectivity index (χ1n) is 5.30. The minimum atomic E-state index is 0.562. The fraction of sp³-hybridized carbons (Fsp3) is 0.800. The van der Waals surface area contributed by atoms with Gasteiger partial charge >= 0.3 is 0 Å². The zero-order valence-electron chi connectivity index (χ0n) is 9.16. The number of hydrogen-bond acceptors (Lipinski definition) is 4. The maximum Gasteiger partial charge on any atom is 0.130 e. The van der Waals surface area contributed by atoms with Crippen molar-refractivity contribution in [3.8, 4) is 0 Å². The average Bonchev–Trinajstić information content (AvgIpc) is 2.69. The van der Waals surface area contributed by atoms with Crippen LogP contribution in [0.3, 0.4) is 0 Å². The van der Waals surface area contributed by atoms with Crippen LogP contribution in [0.15, 0.2) is 6.20 Å². The van der Waals surface area contributed by atoms with Gasteiger partial charge in [-0.25, -0.2) is 0 Å². The van der Waals surface area contributed by atoms with Gasteiger partial charge in [0.05, 0.1) is 6.20 Å². The first-order valence-corrected chi connectivity index (χ1v) is 6.07. The number of nitrogens with one attached hydrogen (secondary N) is 1. The second-order valence-electron chi connectivity index (χ2n) is 3.78. The molecule has 1 N–H and O–H groups in total. The molecule has 80 valence electrons. The third kappa shape index (κ3) is 3.62. The third-order valence-corrected chi connectivity index (χ3v) is 3.18. The molecule has 0 saturated heterocycles. The van der Waals surface area contributed by atoms with Crippen molar-refractivity contribution in [2.24, 2.45) is 5.92 Å². The van der Waals surface area contributed by atoms with Gasteiger partial charge in [0.15, 0.2) is 0 Å². The lowest BCUT2D eigenvalue weighted by atomic mass is 9.98. The Morgan fingerprint density at radius 3 is 2.71 bits per heavy atom. The number of hydrogen-bond donors (Lipinski definition) is 1. The van der Waals surface area contributed by atoms with Gasteiger partial charge in [-0.05, 0) is 18.8 Å². The molecule has 0 amide bonds. The van der Waals surface area contributed by atoms with Crippen LogP contribution in [0.2, 0.25) is 0 Å².